The third-order valence-electron chi connectivity index (χ3n) is 3.49. The lowest BCUT2D eigenvalue weighted by Crippen LogP contribution is -2.62. The molecule has 1 fully saturated rings. The van der Waals surface area contributed by atoms with Crippen LogP contribution in [0.15, 0.2) is 12.7 Å². The summed E-state index contributed by atoms with van der Waals surface area (Å²) in [4.78, 5) is 45.7. The van der Waals surface area contributed by atoms with Gasteiger partial charge in [0.2, 0.25) is 0 Å². The first kappa shape index (κ1) is 21.6. The molecular weight excluding hydrogens is 348 g/mol. The van der Waals surface area contributed by atoms with Crippen LogP contribution in [0.5, 0.6) is 0 Å². The molecule has 0 aromatic carbocycles. The molecule has 0 aromatic rings. The van der Waals surface area contributed by atoms with Crippen molar-refractivity contribution in [1.29, 1.82) is 0 Å². The van der Waals surface area contributed by atoms with Gasteiger partial charge in [-0.2, -0.15) is 0 Å². The minimum absolute atomic E-state index is 0.231. The molecule has 1 aliphatic rings. The minimum Gasteiger partial charge on any atom is -0.463 e. The summed E-state index contributed by atoms with van der Waals surface area (Å²) in [7, 11) is 0. The predicted molar refractivity (Wildman–Crippen MR) is 86.8 cm³/mol. The van der Waals surface area contributed by atoms with Crippen molar-refractivity contribution in [1.82, 2.24) is 0 Å². The van der Waals surface area contributed by atoms with Gasteiger partial charge in [0.15, 0.2) is 18.3 Å². The van der Waals surface area contributed by atoms with Crippen LogP contribution in [0, 0.1) is 0 Å². The summed E-state index contributed by atoms with van der Waals surface area (Å²) in [5.41, 5.74) is 0. The standard InChI is InChI=1S/C17H24O9/c1-6-7-13-15(23-10(3)19)17(25-12(5)21)16(24-11(4)20)14(26-13)8-22-9(2)18/h6,13-17H,1,7-8H2,2-5H3/t13-,14?,15?,16+,17-/m1/s1. The highest BCUT2D eigenvalue weighted by Crippen LogP contribution is 2.30. The third kappa shape index (κ3) is 6.47. The van der Waals surface area contributed by atoms with E-state index in [9.17, 15) is 19.2 Å². The maximum atomic E-state index is 11.6. The maximum Gasteiger partial charge on any atom is 0.303 e. The van der Waals surface area contributed by atoms with Crippen molar-refractivity contribution in [3.05, 3.63) is 12.7 Å². The molecule has 0 saturated carbocycles. The molecule has 5 atom stereocenters. The Kier molecular flexibility index (Phi) is 8.24. The first-order chi connectivity index (χ1) is 12.1. The number of rotatable bonds is 7. The number of carbonyl (C=O) groups excluding carboxylic acids is 4. The zero-order chi connectivity index (χ0) is 19.9. The van der Waals surface area contributed by atoms with E-state index in [4.69, 9.17) is 23.7 Å². The van der Waals surface area contributed by atoms with Gasteiger partial charge in [-0.25, -0.2) is 0 Å². The van der Waals surface area contributed by atoms with Crippen molar-refractivity contribution in [2.45, 2.75) is 64.6 Å². The molecule has 0 amide bonds. The summed E-state index contributed by atoms with van der Waals surface area (Å²) in [6.07, 6.45) is -3.11. The Morgan fingerprint density at radius 3 is 1.69 bits per heavy atom. The van der Waals surface area contributed by atoms with Crippen LogP contribution < -0.4 is 0 Å². The molecule has 0 aliphatic carbocycles. The van der Waals surface area contributed by atoms with Gasteiger partial charge >= 0.3 is 23.9 Å². The Bertz CT molecular complexity index is 556. The molecule has 0 aromatic heterocycles. The van der Waals surface area contributed by atoms with Crippen LogP contribution >= 0.6 is 0 Å². The fraction of sp³-hybridized carbons (Fsp3) is 0.647. The molecule has 0 bridgehead atoms. The van der Waals surface area contributed by atoms with Crippen molar-refractivity contribution in [3.8, 4) is 0 Å². The van der Waals surface area contributed by atoms with Gasteiger partial charge in [-0.1, -0.05) is 6.08 Å². The smallest absolute Gasteiger partial charge is 0.303 e. The Hall–Kier alpha value is -2.42. The molecule has 26 heavy (non-hydrogen) atoms. The van der Waals surface area contributed by atoms with Crippen LogP contribution in [-0.2, 0) is 42.9 Å². The first-order valence-corrected chi connectivity index (χ1v) is 8.07. The molecule has 2 unspecified atom stereocenters. The Morgan fingerprint density at radius 2 is 1.27 bits per heavy atom. The zero-order valence-electron chi connectivity index (χ0n) is 15.3. The Morgan fingerprint density at radius 1 is 0.808 bits per heavy atom. The van der Waals surface area contributed by atoms with Gasteiger partial charge in [0.1, 0.15) is 18.8 Å². The molecule has 1 rings (SSSR count). The van der Waals surface area contributed by atoms with E-state index in [-0.39, 0.29) is 13.0 Å². The molecule has 9 heteroatoms. The van der Waals surface area contributed by atoms with E-state index in [0.29, 0.717) is 0 Å². The summed E-state index contributed by atoms with van der Waals surface area (Å²) in [6, 6.07) is 0. The average Bonchev–Trinajstić information content (AvgIpc) is 2.50. The van der Waals surface area contributed by atoms with Crippen LogP contribution in [0.4, 0.5) is 0 Å². The summed E-state index contributed by atoms with van der Waals surface area (Å²) in [6.45, 7) is 8.15. The minimum atomic E-state index is -1.13. The van der Waals surface area contributed by atoms with Crippen molar-refractivity contribution in [2.75, 3.05) is 6.61 Å². The molecule has 1 saturated heterocycles. The van der Waals surface area contributed by atoms with Gasteiger partial charge in [0.05, 0.1) is 0 Å². The summed E-state index contributed by atoms with van der Waals surface area (Å²) in [5.74, 6) is -2.49. The quantitative estimate of drug-likeness (QED) is 0.361. The van der Waals surface area contributed by atoms with Gasteiger partial charge < -0.3 is 23.7 Å². The fourth-order valence-corrected chi connectivity index (χ4v) is 2.67. The third-order valence-corrected chi connectivity index (χ3v) is 3.49. The van der Waals surface area contributed by atoms with Crippen molar-refractivity contribution >= 4 is 23.9 Å². The SMILES string of the molecule is C=CC[C@H]1OC(COC(C)=O)[C@H](OC(C)=O)[C@H](OC(C)=O)C1OC(C)=O. The Balaban J connectivity index is 3.24. The van der Waals surface area contributed by atoms with Crippen LogP contribution in [-0.4, -0.2) is 61.0 Å². The Labute approximate surface area is 151 Å². The van der Waals surface area contributed by atoms with Gasteiger partial charge in [-0.15, -0.1) is 6.58 Å². The van der Waals surface area contributed by atoms with Crippen molar-refractivity contribution < 1.29 is 42.9 Å². The van der Waals surface area contributed by atoms with Crippen LogP contribution in [0.3, 0.4) is 0 Å². The van der Waals surface area contributed by atoms with Gasteiger partial charge in [-0.3, -0.25) is 19.2 Å². The maximum absolute atomic E-state index is 11.6. The van der Waals surface area contributed by atoms with Gasteiger partial charge in [0.25, 0.3) is 0 Å². The normalized spacial score (nSPS) is 27.8. The second-order valence-corrected chi connectivity index (χ2v) is 5.76. The van der Waals surface area contributed by atoms with Crippen LogP contribution in [0.25, 0.3) is 0 Å². The lowest BCUT2D eigenvalue weighted by atomic mass is 9.92. The van der Waals surface area contributed by atoms with Crippen molar-refractivity contribution in [3.63, 3.8) is 0 Å². The topological polar surface area (TPSA) is 114 Å². The van der Waals surface area contributed by atoms with Crippen LogP contribution in [0.1, 0.15) is 34.1 Å². The van der Waals surface area contributed by atoms with E-state index in [1.807, 2.05) is 0 Å². The van der Waals surface area contributed by atoms with E-state index in [0.717, 1.165) is 0 Å². The van der Waals surface area contributed by atoms with Crippen LogP contribution in [0.2, 0.25) is 0 Å². The second kappa shape index (κ2) is 9.91. The molecule has 0 radical (unpaired) electrons. The second-order valence-electron chi connectivity index (χ2n) is 5.76. The molecule has 1 heterocycles. The van der Waals surface area contributed by atoms with Crippen molar-refractivity contribution in [2.24, 2.45) is 0 Å². The number of hydrogen-bond donors (Lipinski definition) is 0. The fourth-order valence-electron chi connectivity index (χ4n) is 2.67. The highest BCUT2D eigenvalue weighted by atomic mass is 16.7. The van der Waals surface area contributed by atoms with Gasteiger partial charge in [0, 0.05) is 27.7 Å². The van der Waals surface area contributed by atoms with E-state index >= 15 is 0 Å². The molecule has 9 nitrogen and oxygen atoms in total. The molecule has 0 spiro atoms. The number of esters is 4. The van der Waals surface area contributed by atoms with Gasteiger partial charge in [-0.05, 0) is 6.42 Å². The van der Waals surface area contributed by atoms with E-state index in [1.165, 1.54) is 27.7 Å². The molecular formula is C17H24O9. The van der Waals surface area contributed by atoms with E-state index < -0.39 is 54.4 Å². The predicted octanol–water partition coefficient (Wildman–Crippen LogP) is 0.688. The molecule has 1 aliphatic heterocycles. The lowest BCUT2D eigenvalue weighted by Gasteiger charge is -2.44. The zero-order valence-corrected chi connectivity index (χ0v) is 15.3. The molecule has 0 N–H and O–H groups in total. The summed E-state index contributed by atoms with van der Waals surface area (Å²) in [5, 5.41) is 0. The molecule has 146 valence electrons. The number of ether oxygens (including phenoxy) is 5. The number of hydrogen-bond acceptors (Lipinski definition) is 9. The number of carbonyl (C=O) groups is 4. The first-order valence-electron chi connectivity index (χ1n) is 8.07. The summed E-state index contributed by atoms with van der Waals surface area (Å²) >= 11 is 0. The highest BCUT2D eigenvalue weighted by Gasteiger charge is 2.51. The largest absolute Gasteiger partial charge is 0.463 e. The van der Waals surface area contributed by atoms with E-state index in [2.05, 4.69) is 6.58 Å². The monoisotopic (exact) mass is 372 g/mol. The summed E-state index contributed by atoms with van der Waals surface area (Å²) < 4.78 is 26.6. The lowest BCUT2D eigenvalue weighted by molar-refractivity contribution is -0.251. The van der Waals surface area contributed by atoms with E-state index in [1.54, 1.807) is 6.08 Å². The average molecular weight is 372 g/mol. The highest BCUT2D eigenvalue weighted by molar-refractivity contribution is 5.68.